The molecule has 3 aromatic rings. The van der Waals surface area contributed by atoms with Gasteiger partial charge in [-0.05, 0) is 47.9 Å². The highest BCUT2D eigenvalue weighted by Crippen LogP contribution is 2.28. The van der Waals surface area contributed by atoms with Crippen LogP contribution in [0.2, 0.25) is 10.0 Å². The van der Waals surface area contributed by atoms with Crippen LogP contribution in [-0.4, -0.2) is 33.9 Å². The number of halogens is 3. The van der Waals surface area contributed by atoms with Crippen LogP contribution in [0.1, 0.15) is 29.9 Å². The Morgan fingerprint density at radius 1 is 1.20 bits per heavy atom. The Hall–Kier alpha value is -2.41. The fourth-order valence-corrected chi connectivity index (χ4v) is 3.97. The van der Waals surface area contributed by atoms with Gasteiger partial charge in [-0.25, -0.2) is 9.37 Å². The fourth-order valence-electron chi connectivity index (χ4n) is 3.40. The molecule has 0 fully saturated rings. The number of imidazole rings is 1. The lowest BCUT2D eigenvalue weighted by Crippen LogP contribution is -2.37. The minimum atomic E-state index is -0.287. The predicted molar refractivity (Wildman–Crippen MR) is 117 cm³/mol. The lowest BCUT2D eigenvalue weighted by atomic mass is 10.0. The Morgan fingerprint density at radius 3 is 2.60 bits per heavy atom. The van der Waals surface area contributed by atoms with E-state index in [1.165, 1.54) is 19.1 Å². The average molecular weight is 449 g/mol. The average Bonchev–Trinajstić information content (AvgIpc) is 3.19. The number of carbonyl (C=O) groups is 1. The third-order valence-corrected chi connectivity index (χ3v) is 5.11. The van der Waals surface area contributed by atoms with Crippen LogP contribution in [0.5, 0.6) is 0 Å². The zero-order valence-corrected chi connectivity index (χ0v) is 18.1. The molecule has 0 aliphatic heterocycles. The smallest absolute Gasteiger partial charge is 0.216 e. The van der Waals surface area contributed by atoms with Crippen molar-refractivity contribution >= 4 is 29.1 Å². The summed E-state index contributed by atoms with van der Waals surface area (Å²) in [6.45, 7) is 2.97. The van der Waals surface area contributed by atoms with E-state index in [2.05, 4.69) is 20.2 Å². The highest BCUT2D eigenvalue weighted by atomic mass is 35.5. The first kappa shape index (κ1) is 22.3. The van der Waals surface area contributed by atoms with Gasteiger partial charge in [0.1, 0.15) is 11.6 Å². The van der Waals surface area contributed by atoms with Gasteiger partial charge >= 0.3 is 0 Å². The van der Waals surface area contributed by atoms with Gasteiger partial charge in [-0.15, -0.1) is 0 Å². The standard InChI is InChI=1S/C22H23Cl2FN4O/c1-15(30)26-7-8-29(14-16-3-2-4-20(25)11-16)21(22-27-5-6-28-22)12-17-9-18(23)13-19(24)10-17/h2-6,9-11,13,21H,7-8,12,14H2,1H3,(H,26,30)(H,27,28). The largest absolute Gasteiger partial charge is 0.355 e. The van der Waals surface area contributed by atoms with E-state index in [0.29, 0.717) is 36.1 Å². The molecule has 1 unspecified atom stereocenters. The molecule has 1 atom stereocenters. The SMILES string of the molecule is CC(=O)NCCN(Cc1cccc(F)c1)C(Cc1cc(Cl)cc(Cl)c1)c1ncc[nH]1. The molecule has 8 heteroatoms. The first-order chi connectivity index (χ1) is 14.4. The van der Waals surface area contributed by atoms with E-state index in [1.54, 1.807) is 24.5 Å². The summed E-state index contributed by atoms with van der Waals surface area (Å²) < 4.78 is 13.8. The fraction of sp³-hybridized carbons (Fsp3) is 0.273. The second-order valence-corrected chi connectivity index (χ2v) is 7.93. The van der Waals surface area contributed by atoms with Crippen molar-refractivity contribution in [1.82, 2.24) is 20.2 Å². The summed E-state index contributed by atoms with van der Waals surface area (Å²) in [4.78, 5) is 21.2. The van der Waals surface area contributed by atoms with Crippen molar-refractivity contribution in [2.24, 2.45) is 0 Å². The van der Waals surface area contributed by atoms with E-state index in [1.807, 2.05) is 18.2 Å². The van der Waals surface area contributed by atoms with Gasteiger partial charge in [-0.2, -0.15) is 0 Å². The highest BCUT2D eigenvalue weighted by molar-refractivity contribution is 6.34. The maximum Gasteiger partial charge on any atom is 0.216 e. The Bertz CT molecular complexity index is 961. The first-order valence-electron chi connectivity index (χ1n) is 9.58. The van der Waals surface area contributed by atoms with Gasteiger partial charge < -0.3 is 10.3 Å². The molecule has 0 saturated heterocycles. The lowest BCUT2D eigenvalue weighted by Gasteiger charge is -2.31. The number of aromatic amines is 1. The lowest BCUT2D eigenvalue weighted by molar-refractivity contribution is -0.119. The summed E-state index contributed by atoms with van der Waals surface area (Å²) in [5.74, 6) is 0.382. The van der Waals surface area contributed by atoms with E-state index in [-0.39, 0.29) is 17.8 Å². The summed E-state index contributed by atoms with van der Waals surface area (Å²) in [7, 11) is 0. The van der Waals surface area contributed by atoms with Crippen LogP contribution in [0.4, 0.5) is 4.39 Å². The van der Waals surface area contributed by atoms with Crippen LogP contribution in [0.15, 0.2) is 54.9 Å². The van der Waals surface area contributed by atoms with Crippen molar-refractivity contribution in [3.63, 3.8) is 0 Å². The monoisotopic (exact) mass is 448 g/mol. The summed E-state index contributed by atoms with van der Waals surface area (Å²) in [5, 5.41) is 3.95. The van der Waals surface area contributed by atoms with Gasteiger partial charge in [0.2, 0.25) is 5.91 Å². The molecule has 0 spiro atoms. The molecule has 1 heterocycles. The van der Waals surface area contributed by atoms with E-state index in [0.717, 1.165) is 17.0 Å². The van der Waals surface area contributed by atoms with Gasteiger partial charge in [-0.3, -0.25) is 9.69 Å². The maximum absolute atomic E-state index is 13.8. The molecule has 158 valence electrons. The number of H-pyrrole nitrogens is 1. The Morgan fingerprint density at radius 2 is 1.97 bits per heavy atom. The molecule has 0 aliphatic carbocycles. The number of nitrogens with one attached hydrogen (secondary N) is 2. The molecule has 0 radical (unpaired) electrons. The van der Waals surface area contributed by atoms with Gasteiger partial charge in [0, 0.05) is 49.0 Å². The second-order valence-electron chi connectivity index (χ2n) is 7.06. The van der Waals surface area contributed by atoms with Crippen molar-refractivity contribution < 1.29 is 9.18 Å². The van der Waals surface area contributed by atoms with Crippen LogP contribution < -0.4 is 5.32 Å². The number of hydrogen-bond donors (Lipinski definition) is 2. The topological polar surface area (TPSA) is 61.0 Å². The van der Waals surface area contributed by atoms with Crippen LogP contribution in [0.25, 0.3) is 0 Å². The van der Waals surface area contributed by atoms with E-state index in [4.69, 9.17) is 23.2 Å². The summed E-state index contributed by atoms with van der Waals surface area (Å²) >= 11 is 12.4. The van der Waals surface area contributed by atoms with Crippen molar-refractivity contribution in [2.45, 2.75) is 25.9 Å². The molecular weight excluding hydrogens is 426 g/mol. The normalized spacial score (nSPS) is 12.2. The molecule has 0 saturated carbocycles. The molecule has 1 aromatic heterocycles. The predicted octanol–water partition coefficient (Wildman–Crippen LogP) is 4.78. The molecule has 3 rings (SSSR count). The van der Waals surface area contributed by atoms with Gasteiger partial charge in [-0.1, -0.05) is 35.3 Å². The maximum atomic E-state index is 13.8. The number of hydrogen-bond acceptors (Lipinski definition) is 3. The number of aromatic nitrogens is 2. The Balaban J connectivity index is 1.91. The molecule has 2 aromatic carbocycles. The van der Waals surface area contributed by atoms with Crippen molar-refractivity contribution in [3.8, 4) is 0 Å². The quantitative estimate of drug-likeness (QED) is 0.495. The van der Waals surface area contributed by atoms with Crippen LogP contribution in [0, 0.1) is 5.82 Å². The number of rotatable bonds is 9. The van der Waals surface area contributed by atoms with Crippen molar-refractivity contribution in [1.29, 1.82) is 0 Å². The Kier molecular flexibility index (Phi) is 7.85. The third-order valence-electron chi connectivity index (χ3n) is 4.67. The summed E-state index contributed by atoms with van der Waals surface area (Å²) in [6, 6.07) is 11.8. The van der Waals surface area contributed by atoms with Crippen LogP contribution in [0.3, 0.4) is 0 Å². The van der Waals surface area contributed by atoms with Gasteiger partial charge in [0.25, 0.3) is 0 Å². The Labute approximate surface area is 185 Å². The molecule has 0 bridgehead atoms. The minimum Gasteiger partial charge on any atom is -0.355 e. The molecule has 5 nitrogen and oxygen atoms in total. The first-order valence-corrected chi connectivity index (χ1v) is 10.3. The van der Waals surface area contributed by atoms with Crippen molar-refractivity contribution in [2.75, 3.05) is 13.1 Å². The number of nitrogens with zero attached hydrogens (tertiary/aromatic N) is 2. The molecule has 30 heavy (non-hydrogen) atoms. The van der Waals surface area contributed by atoms with Crippen LogP contribution in [-0.2, 0) is 17.8 Å². The summed E-state index contributed by atoms with van der Waals surface area (Å²) in [5.41, 5.74) is 1.79. The highest BCUT2D eigenvalue weighted by Gasteiger charge is 2.24. The molecule has 2 N–H and O–H groups in total. The number of benzene rings is 2. The van der Waals surface area contributed by atoms with E-state index in [9.17, 15) is 9.18 Å². The van der Waals surface area contributed by atoms with E-state index < -0.39 is 0 Å². The number of amides is 1. The number of carbonyl (C=O) groups excluding carboxylic acids is 1. The molecule has 0 aliphatic rings. The van der Waals surface area contributed by atoms with Gasteiger partial charge in [0.15, 0.2) is 0 Å². The zero-order chi connectivity index (χ0) is 21.5. The molecule has 1 amide bonds. The van der Waals surface area contributed by atoms with Gasteiger partial charge in [0.05, 0.1) is 6.04 Å². The third kappa shape index (κ3) is 6.55. The van der Waals surface area contributed by atoms with E-state index >= 15 is 0 Å². The van der Waals surface area contributed by atoms with Crippen LogP contribution >= 0.6 is 23.2 Å². The van der Waals surface area contributed by atoms with Crippen molar-refractivity contribution in [3.05, 3.63) is 87.7 Å². The zero-order valence-electron chi connectivity index (χ0n) is 16.5. The molecular formula is C22H23Cl2FN4O. The summed E-state index contributed by atoms with van der Waals surface area (Å²) in [6.07, 6.45) is 4.05. The second kappa shape index (κ2) is 10.6. The minimum absolute atomic E-state index is 0.100.